The molecule has 0 heterocycles. The molecule has 0 aliphatic carbocycles. The Hall–Kier alpha value is -2.37. The lowest BCUT2D eigenvalue weighted by Crippen LogP contribution is -2.05. The van der Waals surface area contributed by atoms with E-state index in [0.29, 0.717) is 12.2 Å². The minimum Gasteiger partial charge on any atom is -0.478 e. The maximum atomic E-state index is 10.7. The van der Waals surface area contributed by atoms with Crippen molar-refractivity contribution in [1.82, 2.24) is 0 Å². The molecule has 0 saturated heterocycles. The number of ether oxygens (including phenoxy) is 1. The molecular weight excluding hydrogens is 276 g/mol. The lowest BCUT2D eigenvalue weighted by Gasteiger charge is -2.01. The first-order valence-corrected chi connectivity index (χ1v) is 6.16. The summed E-state index contributed by atoms with van der Waals surface area (Å²) in [7, 11) is 0. The first kappa shape index (κ1) is 23.7. The van der Waals surface area contributed by atoms with Crippen LogP contribution >= 0.6 is 0 Å². The van der Waals surface area contributed by atoms with Gasteiger partial charge in [0.05, 0.1) is 6.61 Å². The van der Waals surface area contributed by atoms with Gasteiger partial charge < -0.3 is 14.9 Å². The van der Waals surface area contributed by atoms with Crippen LogP contribution in [-0.2, 0) is 19.1 Å². The second-order valence-corrected chi connectivity index (χ2v) is 3.90. The zero-order valence-corrected chi connectivity index (χ0v) is 12.8. The Morgan fingerprint density at radius 3 is 1.67 bits per heavy atom. The highest BCUT2D eigenvalue weighted by Crippen LogP contribution is 1.94. The monoisotopic (exact) mass is 300 g/mol. The van der Waals surface area contributed by atoms with Crippen molar-refractivity contribution in [3.05, 3.63) is 37.0 Å². The maximum absolute atomic E-state index is 10.7. The van der Waals surface area contributed by atoms with E-state index < -0.39 is 11.9 Å². The molecule has 0 amide bonds. The van der Waals surface area contributed by atoms with Gasteiger partial charge in [-0.15, -0.1) is 0 Å². The van der Waals surface area contributed by atoms with Crippen LogP contribution in [0.2, 0.25) is 0 Å². The Bertz CT molecular complexity index is 370. The topological polar surface area (TPSA) is 101 Å². The maximum Gasteiger partial charge on any atom is 0.333 e. The fourth-order valence-corrected chi connectivity index (χ4v) is 0.432. The Labute approximate surface area is 125 Å². The fraction of sp³-hybridized carbons (Fsp3) is 0.400. The van der Waals surface area contributed by atoms with E-state index in [1.165, 1.54) is 6.92 Å². The summed E-state index contributed by atoms with van der Waals surface area (Å²) in [6.07, 6.45) is 2.81. The average Bonchev–Trinajstić information content (AvgIpc) is 2.39. The van der Waals surface area contributed by atoms with Crippen molar-refractivity contribution in [2.75, 3.05) is 6.61 Å². The number of carbonyl (C=O) groups excluding carboxylic acids is 1. The predicted octanol–water partition coefficient (Wildman–Crippen LogP) is 2.81. The molecule has 21 heavy (non-hydrogen) atoms. The van der Waals surface area contributed by atoms with Crippen LogP contribution in [0.25, 0.3) is 0 Å². The number of aliphatic carboxylic acids is 2. The van der Waals surface area contributed by atoms with Crippen LogP contribution in [0.4, 0.5) is 0 Å². The van der Waals surface area contributed by atoms with Gasteiger partial charge in [0.1, 0.15) is 0 Å². The summed E-state index contributed by atoms with van der Waals surface area (Å²) in [5, 5.41) is 15.5. The molecule has 0 radical (unpaired) electrons. The van der Waals surface area contributed by atoms with Gasteiger partial charge >= 0.3 is 17.9 Å². The summed E-state index contributed by atoms with van der Waals surface area (Å²) >= 11 is 0. The Balaban J connectivity index is -0.000000252. The first-order chi connectivity index (χ1) is 9.59. The molecule has 0 aliphatic rings. The summed E-state index contributed by atoms with van der Waals surface area (Å²) in [4.78, 5) is 29.5. The Morgan fingerprint density at radius 2 is 1.48 bits per heavy atom. The van der Waals surface area contributed by atoms with E-state index in [4.69, 9.17) is 14.9 Å². The molecule has 0 aliphatic heterocycles. The number of hydrogen-bond donors (Lipinski definition) is 2. The van der Waals surface area contributed by atoms with Crippen molar-refractivity contribution >= 4 is 17.9 Å². The Kier molecular flexibility index (Phi) is 17.7. The highest BCUT2D eigenvalue weighted by molar-refractivity contribution is 5.86. The lowest BCUT2D eigenvalue weighted by molar-refractivity contribution is -0.139. The smallest absolute Gasteiger partial charge is 0.333 e. The predicted molar refractivity (Wildman–Crippen MR) is 81.0 cm³/mol. The van der Waals surface area contributed by atoms with Crippen LogP contribution in [0.5, 0.6) is 0 Å². The minimum absolute atomic E-state index is 0.176. The van der Waals surface area contributed by atoms with Gasteiger partial charge in [0.2, 0.25) is 0 Å². The molecule has 0 fully saturated rings. The number of rotatable bonds is 6. The summed E-state index contributed by atoms with van der Waals surface area (Å²) < 4.78 is 4.81. The number of hydrogen-bond acceptors (Lipinski definition) is 4. The van der Waals surface area contributed by atoms with E-state index in [2.05, 4.69) is 26.7 Å². The average molecular weight is 300 g/mol. The third-order valence-electron chi connectivity index (χ3n) is 1.62. The van der Waals surface area contributed by atoms with Gasteiger partial charge in [0.15, 0.2) is 0 Å². The van der Waals surface area contributed by atoms with Gasteiger partial charge in [-0.2, -0.15) is 0 Å². The van der Waals surface area contributed by atoms with Crippen LogP contribution < -0.4 is 0 Å². The number of esters is 1. The number of unbranched alkanes of at least 4 members (excludes halogenated alkanes) is 1. The highest BCUT2D eigenvalue weighted by Gasteiger charge is 2.00. The molecular formula is C15H24O6. The largest absolute Gasteiger partial charge is 0.478 e. The molecule has 6 nitrogen and oxygen atoms in total. The number of carboxylic acids is 2. The van der Waals surface area contributed by atoms with Crippen LogP contribution in [0, 0.1) is 0 Å². The molecule has 120 valence electrons. The van der Waals surface area contributed by atoms with E-state index >= 15 is 0 Å². The third kappa shape index (κ3) is 27.0. The molecule has 0 rings (SSSR count). The summed E-state index contributed by atoms with van der Waals surface area (Å²) in [5.41, 5.74) is 0.645. The van der Waals surface area contributed by atoms with Crippen LogP contribution in [-0.4, -0.2) is 34.7 Å². The van der Waals surface area contributed by atoms with Crippen molar-refractivity contribution in [2.24, 2.45) is 0 Å². The van der Waals surface area contributed by atoms with E-state index in [9.17, 15) is 14.4 Å². The van der Waals surface area contributed by atoms with Gasteiger partial charge in [-0.05, 0) is 20.3 Å². The normalized spacial score (nSPS) is 7.95. The SMILES string of the molecule is C=C(C)C(=O)O.C=C(C)C(=O)OCCCC.C=CC(=O)O. The molecule has 0 bridgehead atoms. The number of carbonyl (C=O) groups is 3. The zero-order valence-electron chi connectivity index (χ0n) is 12.8. The first-order valence-electron chi connectivity index (χ1n) is 6.16. The Morgan fingerprint density at radius 1 is 1.10 bits per heavy atom. The summed E-state index contributed by atoms with van der Waals surface area (Å²) in [6, 6.07) is 0. The molecule has 2 N–H and O–H groups in total. The standard InChI is InChI=1S/C8H14O2.C4H6O2.C3H4O2/c1-4-5-6-10-8(9)7(2)3;1-3(2)4(5)6;1-2-3(4)5/h2,4-6H2,1,3H3;1H2,2H3,(H,5,6);2H,1H2,(H,4,5). The molecule has 0 unspecified atom stereocenters. The molecule has 0 saturated carbocycles. The van der Waals surface area contributed by atoms with Crippen molar-refractivity contribution < 1.29 is 29.3 Å². The van der Waals surface area contributed by atoms with Gasteiger partial charge in [0.25, 0.3) is 0 Å². The van der Waals surface area contributed by atoms with Gasteiger partial charge in [-0.1, -0.05) is 33.1 Å². The zero-order chi connectivity index (χ0) is 17.4. The summed E-state index contributed by atoms with van der Waals surface area (Å²) in [6.45, 7) is 15.2. The highest BCUT2D eigenvalue weighted by atomic mass is 16.5. The second-order valence-electron chi connectivity index (χ2n) is 3.90. The van der Waals surface area contributed by atoms with Gasteiger partial charge in [-0.3, -0.25) is 0 Å². The van der Waals surface area contributed by atoms with Gasteiger partial charge in [0, 0.05) is 17.2 Å². The molecule has 0 atom stereocenters. The molecule has 0 spiro atoms. The third-order valence-corrected chi connectivity index (χ3v) is 1.62. The van der Waals surface area contributed by atoms with Crippen molar-refractivity contribution in [1.29, 1.82) is 0 Å². The molecule has 0 aromatic carbocycles. The number of carboxylic acid groups (broad SMARTS) is 2. The quantitative estimate of drug-likeness (QED) is 0.444. The van der Waals surface area contributed by atoms with Crippen LogP contribution in [0.1, 0.15) is 33.6 Å². The van der Waals surface area contributed by atoms with E-state index in [1.807, 2.05) is 0 Å². The van der Waals surface area contributed by atoms with Crippen molar-refractivity contribution in [3.63, 3.8) is 0 Å². The molecule has 0 aromatic heterocycles. The van der Waals surface area contributed by atoms with E-state index in [-0.39, 0.29) is 11.5 Å². The minimum atomic E-state index is -0.981. The van der Waals surface area contributed by atoms with E-state index in [1.54, 1.807) is 6.92 Å². The molecule has 6 heteroatoms. The van der Waals surface area contributed by atoms with Crippen LogP contribution in [0.3, 0.4) is 0 Å². The summed E-state index contributed by atoms with van der Waals surface area (Å²) in [5.74, 6) is -2.20. The van der Waals surface area contributed by atoms with E-state index in [0.717, 1.165) is 18.9 Å². The van der Waals surface area contributed by atoms with Crippen LogP contribution in [0.15, 0.2) is 37.0 Å². The lowest BCUT2D eigenvalue weighted by atomic mass is 10.3. The van der Waals surface area contributed by atoms with Crippen molar-refractivity contribution in [2.45, 2.75) is 33.6 Å². The second kappa shape index (κ2) is 15.7. The fourth-order valence-electron chi connectivity index (χ4n) is 0.432. The van der Waals surface area contributed by atoms with Crippen molar-refractivity contribution in [3.8, 4) is 0 Å². The van der Waals surface area contributed by atoms with Gasteiger partial charge in [-0.25, -0.2) is 14.4 Å². The molecule has 0 aromatic rings.